The molecule has 7 nitrogen and oxygen atoms in total. The minimum atomic E-state index is -0.0900. The van der Waals surface area contributed by atoms with Crippen LogP contribution in [-0.4, -0.2) is 53.7 Å². The molecule has 1 unspecified atom stereocenters. The first kappa shape index (κ1) is 13.5. The Morgan fingerprint density at radius 1 is 1.40 bits per heavy atom. The second-order valence-electron chi connectivity index (χ2n) is 5.63. The quantitative estimate of drug-likeness (QED) is 0.820. The Labute approximate surface area is 118 Å². The fraction of sp³-hybridized carbons (Fsp3) is 0.769. The molecule has 7 heteroatoms. The molecule has 0 aromatic carbocycles. The van der Waals surface area contributed by atoms with Gasteiger partial charge in [0, 0.05) is 18.5 Å². The maximum absolute atomic E-state index is 12.0. The highest BCUT2D eigenvalue weighted by Crippen LogP contribution is 2.39. The van der Waals surface area contributed by atoms with E-state index in [9.17, 15) is 4.79 Å². The van der Waals surface area contributed by atoms with Crippen molar-refractivity contribution < 1.29 is 9.21 Å². The van der Waals surface area contributed by atoms with Gasteiger partial charge in [-0.3, -0.25) is 15.0 Å². The maximum atomic E-state index is 12.0. The van der Waals surface area contributed by atoms with E-state index in [0.29, 0.717) is 24.4 Å². The first-order chi connectivity index (χ1) is 9.74. The number of carbonyl (C=O) groups excluding carboxylic acids is 1. The van der Waals surface area contributed by atoms with E-state index < -0.39 is 0 Å². The highest BCUT2D eigenvalue weighted by atomic mass is 16.4. The van der Waals surface area contributed by atoms with E-state index in [4.69, 9.17) is 4.42 Å². The lowest BCUT2D eigenvalue weighted by Gasteiger charge is -2.31. The normalized spacial score (nSPS) is 23.8. The van der Waals surface area contributed by atoms with Crippen LogP contribution in [0.4, 0.5) is 6.01 Å². The molecule has 0 radical (unpaired) electrons. The summed E-state index contributed by atoms with van der Waals surface area (Å²) in [6, 6.07) is 0.695. The first-order valence-corrected chi connectivity index (χ1v) is 7.27. The Bertz CT molecular complexity index is 471. The first-order valence-electron chi connectivity index (χ1n) is 7.27. The van der Waals surface area contributed by atoms with Gasteiger partial charge in [0.15, 0.2) is 0 Å². The van der Waals surface area contributed by atoms with Crippen LogP contribution in [0.25, 0.3) is 0 Å². The van der Waals surface area contributed by atoms with Crippen LogP contribution >= 0.6 is 0 Å². The van der Waals surface area contributed by atoms with E-state index in [1.54, 1.807) is 0 Å². The summed E-state index contributed by atoms with van der Waals surface area (Å²) in [5, 5.41) is 13.8. The van der Waals surface area contributed by atoms with Crippen molar-refractivity contribution in [3.05, 3.63) is 5.89 Å². The average Bonchev–Trinajstić information content (AvgIpc) is 3.20. The lowest BCUT2D eigenvalue weighted by Crippen LogP contribution is -2.46. The molecule has 20 heavy (non-hydrogen) atoms. The third-order valence-corrected chi connectivity index (χ3v) is 3.89. The number of amides is 1. The van der Waals surface area contributed by atoms with Gasteiger partial charge in [0.25, 0.3) is 0 Å². The second-order valence-corrected chi connectivity index (χ2v) is 5.63. The van der Waals surface area contributed by atoms with E-state index >= 15 is 0 Å². The highest BCUT2D eigenvalue weighted by Gasteiger charge is 2.29. The Hall–Kier alpha value is -1.47. The number of piperidine rings is 1. The van der Waals surface area contributed by atoms with Crippen LogP contribution in [0, 0.1) is 0 Å². The Kier molecular flexibility index (Phi) is 3.98. The largest absolute Gasteiger partial charge is 0.408 e. The molecule has 2 N–H and O–H groups in total. The molecule has 1 aliphatic heterocycles. The van der Waals surface area contributed by atoms with Gasteiger partial charge in [-0.2, -0.15) is 0 Å². The zero-order valence-electron chi connectivity index (χ0n) is 11.8. The average molecular weight is 279 g/mol. The van der Waals surface area contributed by atoms with Crippen LogP contribution in [-0.2, 0) is 4.79 Å². The van der Waals surface area contributed by atoms with Gasteiger partial charge in [-0.25, -0.2) is 0 Å². The third kappa shape index (κ3) is 3.34. The van der Waals surface area contributed by atoms with Crippen LogP contribution in [0.2, 0.25) is 0 Å². The van der Waals surface area contributed by atoms with E-state index in [1.807, 2.05) is 7.05 Å². The molecule has 1 aromatic heterocycles. The minimum Gasteiger partial charge on any atom is -0.408 e. The van der Waals surface area contributed by atoms with Crippen molar-refractivity contribution in [1.82, 2.24) is 20.4 Å². The van der Waals surface area contributed by atoms with Crippen molar-refractivity contribution in [2.24, 2.45) is 0 Å². The van der Waals surface area contributed by atoms with Crippen LogP contribution in [0.15, 0.2) is 4.42 Å². The molecule has 0 bridgehead atoms. The van der Waals surface area contributed by atoms with Gasteiger partial charge in [0.2, 0.25) is 11.8 Å². The Balaban J connectivity index is 1.48. The van der Waals surface area contributed by atoms with Crippen molar-refractivity contribution in [1.29, 1.82) is 0 Å². The van der Waals surface area contributed by atoms with E-state index in [0.717, 1.165) is 32.4 Å². The molecule has 1 atom stereocenters. The van der Waals surface area contributed by atoms with E-state index in [-0.39, 0.29) is 11.9 Å². The number of hydrogen-bond donors (Lipinski definition) is 2. The number of nitrogens with zero attached hydrogens (tertiary/aromatic N) is 3. The summed E-state index contributed by atoms with van der Waals surface area (Å²) in [7, 11) is 1.96. The smallest absolute Gasteiger partial charge is 0.322 e. The van der Waals surface area contributed by atoms with Crippen LogP contribution in [0.5, 0.6) is 0 Å². The summed E-state index contributed by atoms with van der Waals surface area (Å²) in [6.45, 7) is 2.24. The molecule has 1 amide bonds. The molecule has 2 aliphatic rings. The number of anilines is 1. The molecule has 1 aromatic rings. The van der Waals surface area contributed by atoms with E-state index in [2.05, 4.69) is 25.7 Å². The predicted octanol–water partition coefficient (Wildman–Crippen LogP) is 0.569. The number of likely N-dealkylation sites (N-methyl/N-ethyl adjacent to an activating group) is 1. The molecule has 2 fully saturated rings. The number of rotatable bonds is 5. The van der Waals surface area contributed by atoms with Crippen molar-refractivity contribution in [2.75, 3.05) is 32.0 Å². The fourth-order valence-corrected chi connectivity index (χ4v) is 2.58. The summed E-state index contributed by atoms with van der Waals surface area (Å²) in [5.41, 5.74) is 0. The zero-order valence-corrected chi connectivity index (χ0v) is 11.8. The van der Waals surface area contributed by atoms with Crippen molar-refractivity contribution in [3.8, 4) is 0 Å². The van der Waals surface area contributed by atoms with Gasteiger partial charge in [-0.15, -0.1) is 5.10 Å². The van der Waals surface area contributed by atoms with Gasteiger partial charge in [0.05, 0.1) is 6.54 Å². The maximum Gasteiger partial charge on any atom is 0.322 e. The van der Waals surface area contributed by atoms with Gasteiger partial charge < -0.3 is 9.73 Å². The molecule has 3 rings (SSSR count). The molecular weight excluding hydrogens is 258 g/mol. The number of hydrogen-bond acceptors (Lipinski definition) is 6. The highest BCUT2D eigenvalue weighted by molar-refractivity contribution is 5.90. The van der Waals surface area contributed by atoms with Crippen molar-refractivity contribution in [2.45, 2.75) is 37.6 Å². The summed E-state index contributed by atoms with van der Waals surface area (Å²) in [4.78, 5) is 14.1. The van der Waals surface area contributed by atoms with Crippen molar-refractivity contribution in [3.63, 3.8) is 0 Å². The minimum absolute atomic E-state index is 0.0900. The van der Waals surface area contributed by atoms with Gasteiger partial charge >= 0.3 is 6.01 Å². The summed E-state index contributed by atoms with van der Waals surface area (Å²) >= 11 is 0. The predicted molar refractivity (Wildman–Crippen MR) is 73.4 cm³/mol. The lowest BCUT2D eigenvalue weighted by atomic mass is 10.1. The van der Waals surface area contributed by atoms with E-state index in [1.165, 1.54) is 6.42 Å². The molecule has 1 saturated carbocycles. The van der Waals surface area contributed by atoms with Crippen LogP contribution < -0.4 is 10.6 Å². The van der Waals surface area contributed by atoms with Gasteiger partial charge in [0.1, 0.15) is 0 Å². The van der Waals surface area contributed by atoms with Crippen molar-refractivity contribution >= 4 is 11.9 Å². The standard InChI is InChI=1S/C13H21N5O2/c1-14-10-3-2-6-18(7-10)8-11(19)15-13-17-16-12(20-13)9-4-5-9/h9-10,14H,2-8H2,1H3,(H,15,17,19). The molecule has 0 spiro atoms. The molecular formula is C13H21N5O2. The summed E-state index contributed by atoms with van der Waals surface area (Å²) in [6.07, 6.45) is 4.50. The fourth-order valence-electron chi connectivity index (χ4n) is 2.58. The monoisotopic (exact) mass is 279 g/mol. The molecule has 2 heterocycles. The topological polar surface area (TPSA) is 83.3 Å². The van der Waals surface area contributed by atoms with Crippen LogP contribution in [0.1, 0.15) is 37.5 Å². The summed E-state index contributed by atoms with van der Waals surface area (Å²) < 4.78 is 5.42. The lowest BCUT2D eigenvalue weighted by molar-refractivity contribution is -0.117. The number of likely N-dealkylation sites (tertiary alicyclic amines) is 1. The van der Waals surface area contributed by atoms with Gasteiger partial charge in [-0.1, -0.05) is 5.10 Å². The summed E-state index contributed by atoms with van der Waals surface area (Å²) in [5.74, 6) is 0.966. The number of nitrogens with one attached hydrogen (secondary N) is 2. The van der Waals surface area contributed by atoms with Crippen LogP contribution in [0.3, 0.4) is 0 Å². The SMILES string of the molecule is CNC1CCCN(CC(=O)Nc2nnc(C3CC3)o2)C1. The molecule has 1 aliphatic carbocycles. The number of aromatic nitrogens is 2. The Morgan fingerprint density at radius 2 is 2.25 bits per heavy atom. The molecule has 1 saturated heterocycles. The third-order valence-electron chi connectivity index (χ3n) is 3.89. The number of carbonyl (C=O) groups is 1. The Morgan fingerprint density at radius 3 is 3.00 bits per heavy atom. The second kappa shape index (κ2) is 5.88. The van der Waals surface area contributed by atoms with Gasteiger partial charge in [-0.05, 0) is 39.3 Å². The molecule has 110 valence electrons. The zero-order chi connectivity index (χ0) is 13.9.